The molecule has 2 nitrogen and oxygen atoms in total. The van der Waals surface area contributed by atoms with Crippen molar-refractivity contribution in [3.8, 4) is 0 Å². The number of likely N-dealkylation sites (N-methyl/N-ethyl adjacent to an activating group) is 1. The van der Waals surface area contributed by atoms with E-state index in [-0.39, 0.29) is 12.5 Å². The van der Waals surface area contributed by atoms with E-state index in [1.807, 2.05) is 6.92 Å². The van der Waals surface area contributed by atoms with Gasteiger partial charge in [0.2, 0.25) is 0 Å². The molecule has 1 unspecified atom stereocenters. The molecule has 0 heterocycles. The summed E-state index contributed by atoms with van der Waals surface area (Å²) >= 11 is 0. The maximum Gasteiger partial charge on any atom is 0.389 e. The van der Waals surface area contributed by atoms with Crippen LogP contribution in [0.4, 0.5) is 13.2 Å². The molecule has 0 aromatic carbocycles. The topological polar surface area (TPSA) is 15.3 Å². The predicted molar refractivity (Wildman–Crippen MR) is 60.5 cm³/mol. The average Bonchev–Trinajstić information content (AvgIpc) is 2.19. The van der Waals surface area contributed by atoms with Crippen molar-refractivity contribution in [3.63, 3.8) is 0 Å². The Bertz CT molecular complexity index is 167. The summed E-state index contributed by atoms with van der Waals surface area (Å²) in [5.41, 5.74) is 0. The summed E-state index contributed by atoms with van der Waals surface area (Å²) < 4.78 is 35.6. The van der Waals surface area contributed by atoms with Gasteiger partial charge in [-0.3, -0.25) is 0 Å². The fourth-order valence-electron chi connectivity index (χ4n) is 1.57. The van der Waals surface area contributed by atoms with Crippen LogP contribution in [0.25, 0.3) is 0 Å². The molecule has 0 saturated heterocycles. The van der Waals surface area contributed by atoms with Crippen molar-refractivity contribution in [3.05, 3.63) is 0 Å². The normalized spacial score (nSPS) is 14.4. The first-order valence-corrected chi connectivity index (χ1v) is 5.91. The number of halogens is 3. The molecule has 98 valence electrons. The van der Waals surface area contributed by atoms with Gasteiger partial charge >= 0.3 is 6.18 Å². The van der Waals surface area contributed by atoms with Crippen LogP contribution >= 0.6 is 0 Å². The quantitative estimate of drug-likeness (QED) is 0.656. The monoisotopic (exact) mass is 240 g/mol. The Morgan fingerprint density at radius 3 is 2.19 bits per heavy atom. The molecule has 0 rings (SSSR count). The van der Waals surface area contributed by atoms with Crippen LogP contribution in [-0.4, -0.2) is 43.3 Å². The van der Waals surface area contributed by atoms with Gasteiger partial charge < -0.3 is 10.2 Å². The Hall–Kier alpha value is -0.290. The van der Waals surface area contributed by atoms with Crippen molar-refractivity contribution in [2.24, 2.45) is 0 Å². The second-order valence-electron chi connectivity index (χ2n) is 4.06. The van der Waals surface area contributed by atoms with E-state index in [9.17, 15) is 13.2 Å². The van der Waals surface area contributed by atoms with E-state index in [4.69, 9.17) is 0 Å². The highest BCUT2D eigenvalue weighted by molar-refractivity contribution is 4.66. The van der Waals surface area contributed by atoms with Crippen molar-refractivity contribution in [1.29, 1.82) is 0 Å². The molecule has 0 radical (unpaired) electrons. The molecular formula is C11H23F3N2. The molecule has 0 aromatic heterocycles. The van der Waals surface area contributed by atoms with E-state index in [1.165, 1.54) is 0 Å². The summed E-state index contributed by atoms with van der Waals surface area (Å²) in [4.78, 5) is 2.25. The number of rotatable bonds is 8. The summed E-state index contributed by atoms with van der Waals surface area (Å²) in [6.07, 6.45) is -4.56. The van der Waals surface area contributed by atoms with Crippen LogP contribution in [0.3, 0.4) is 0 Å². The van der Waals surface area contributed by atoms with Crippen molar-refractivity contribution in [2.75, 3.05) is 26.2 Å². The first-order chi connectivity index (χ1) is 7.39. The second-order valence-corrected chi connectivity index (χ2v) is 4.06. The van der Waals surface area contributed by atoms with E-state index in [1.54, 1.807) is 0 Å². The van der Waals surface area contributed by atoms with Crippen molar-refractivity contribution < 1.29 is 13.2 Å². The minimum Gasteiger partial charge on any atom is -0.313 e. The molecule has 0 amide bonds. The molecule has 0 aliphatic rings. The Morgan fingerprint density at radius 1 is 1.19 bits per heavy atom. The molecule has 0 aromatic rings. The largest absolute Gasteiger partial charge is 0.389 e. The lowest BCUT2D eigenvalue weighted by molar-refractivity contribution is -0.135. The van der Waals surface area contributed by atoms with Gasteiger partial charge in [-0.1, -0.05) is 13.8 Å². The highest BCUT2D eigenvalue weighted by Gasteiger charge is 2.25. The van der Waals surface area contributed by atoms with Crippen molar-refractivity contribution >= 4 is 0 Å². The third-order valence-electron chi connectivity index (χ3n) is 2.56. The molecule has 0 fully saturated rings. The summed E-state index contributed by atoms with van der Waals surface area (Å²) in [6, 6.07) is 0.244. The number of nitrogens with one attached hydrogen (secondary N) is 1. The van der Waals surface area contributed by atoms with Crippen molar-refractivity contribution in [2.45, 2.75) is 45.8 Å². The van der Waals surface area contributed by atoms with E-state index in [0.29, 0.717) is 6.54 Å². The standard InChI is InChI=1S/C11H23F3N2/c1-4-16(5-2)9-10(3)15-8-6-7-11(12,13)14/h10,15H,4-9H2,1-3H3. The van der Waals surface area contributed by atoms with Gasteiger partial charge in [0.1, 0.15) is 0 Å². The van der Waals surface area contributed by atoms with Crippen molar-refractivity contribution in [1.82, 2.24) is 10.2 Å². The van der Waals surface area contributed by atoms with Crippen LogP contribution < -0.4 is 5.32 Å². The molecule has 0 bridgehead atoms. The lowest BCUT2D eigenvalue weighted by Gasteiger charge is -2.23. The Morgan fingerprint density at radius 2 is 1.75 bits per heavy atom. The summed E-state index contributed by atoms with van der Waals surface area (Å²) in [7, 11) is 0. The number of hydrogen-bond donors (Lipinski definition) is 1. The zero-order valence-corrected chi connectivity index (χ0v) is 10.4. The summed E-state index contributed by atoms with van der Waals surface area (Å²) in [5, 5.41) is 3.11. The highest BCUT2D eigenvalue weighted by Crippen LogP contribution is 2.20. The Balaban J connectivity index is 3.54. The van der Waals surface area contributed by atoms with Gasteiger partial charge in [-0.25, -0.2) is 0 Å². The molecular weight excluding hydrogens is 217 g/mol. The van der Waals surface area contributed by atoms with Crippen LogP contribution in [0.2, 0.25) is 0 Å². The molecule has 0 saturated carbocycles. The Kier molecular flexibility index (Phi) is 7.76. The zero-order valence-electron chi connectivity index (χ0n) is 10.4. The van der Waals surface area contributed by atoms with Gasteiger partial charge in [0.15, 0.2) is 0 Å². The number of nitrogens with zero attached hydrogens (tertiary/aromatic N) is 1. The van der Waals surface area contributed by atoms with Crippen LogP contribution in [0.15, 0.2) is 0 Å². The van der Waals surface area contributed by atoms with Crippen LogP contribution in [0.5, 0.6) is 0 Å². The highest BCUT2D eigenvalue weighted by atomic mass is 19.4. The third-order valence-corrected chi connectivity index (χ3v) is 2.56. The van der Waals surface area contributed by atoms with E-state index in [2.05, 4.69) is 24.1 Å². The van der Waals surface area contributed by atoms with E-state index < -0.39 is 12.6 Å². The molecule has 0 aliphatic carbocycles. The predicted octanol–water partition coefficient (Wildman–Crippen LogP) is 2.65. The zero-order chi connectivity index (χ0) is 12.6. The minimum absolute atomic E-state index is 0.159. The van der Waals surface area contributed by atoms with Gasteiger partial charge in [-0.15, -0.1) is 0 Å². The van der Waals surface area contributed by atoms with Gasteiger partial charge in [-0.05, 0) is 33.0 Å². The summed E-state index contributed by atoms with van der Waals surface area (Å²) in [6.45, 7) is 9.45. The maximum atomic E-state index is 11.9. The fourth-order valence-corrected chi connectivity index (χ4v) is 1.57. The molecule has 0 aliphatic heterocycles. The van der Waals surface area contributed by atoms with Gasteiger partial charge in [-0.2, -0.15) is 13.2 Å². The van der Waals surface area contributed by atoms with E-state index in [0.717, 1.165) is 19.6 Å². The number of hydrogen-bond acceptors (Lipinski definition) is 2. The first kappa shape index (κ1) is 15.7. The summed E-state index contributed by atoms with van der Waals surface area (Å²) in [5.74, 6) is 0. The van der Waals surface area contributed by atoms with Crippen LogP contribution in [-0.2, 0) is 0 Å². The SMILES string of the molecule is CCN(CC)CC(C)NCCCC(F)(F)F. The lowest BCUT2D eigenvalue weighted by atomic mass is 10.2. The molecule has 16 heavy (non-hydrogen) atoms. The molecule has 0 spiro atoms. The minimum atomic E-state index is -4.02. The maximum absolute atomic E-state index is 11.9. The molecule has 1 N–H and O–H groups in total. The van der Waals surface area contributed by atoms with Crippen LogP contribution in [0, 0.1) is 0 Å². The van der Waals surface area contributed by atoms with E-state index >= 15 is 0 Å². The second kappa shape index (κ2) is 7.90. The smallest absolute Gasteiger partial charge is 0.313 e. The molecule has 1 atom stereocenters. The molecule has 5 heteroatoms. The fraction of sp³-hybridized carbons (Fsp3) is 1.00. The number of alkyl halides is 3. The van der Waals surface area contributed by atoms with Gasteiger partial charge in [0, 0.05) is 19.0 Å². The van der Waals surface area contributed by atoms with Crippen LogP contribution in [0.1, 0.15) is 33.6 Å². The Labute approximate surface area is 96.2 Å². The van der Waals surface area contributed by atoms with Gasteiger partial charge in [0.25, 0.3) is 0 Å². The average molecular weight is 240 g/mol. The lowest BCUT2D eigenvalue weighted by Crippen LogP contribution is -2.39. The van der Waals surface area contributed by atoms with Gasteiger partial charge in [0.05, 0.1) is 0 Å². The first-order valence-electron chi connectivity index (χ1n) is 5.91. The third kappa shape index (κ3) is 8.97.